The van der Waals surface area contributed by atoms with Crippen molar-refractivity contribution in [3.8, 4) is 0 Å². The van der Waals surface area contributed by atoms with Gasteiger partial charge in [-0.3, -0.25) is 0 Å². The van der Waals surface area contributed by atoms with E-state index >= 15 is 0 Å². The van der Waals surface area contributed by atoms with Gasteiger partial charge in [-0.05, 0) is 24.1 Å². The van der Waals surface area contributed by atoms with Crippen LogP contribution in [0, 0.1) is 11.3 Å². The first-order valence-electron chi connectivity index (χ1n) is 4.60. The van der Waals surface area contributed by atoms with Gasteiger partial charge in [0.05, 0.1) is 12.2 Å². The maximum absolute atomic E-state index is 9.59. The predicted molar refractivity (Wildman–Crippen MR) is 46.6 cm³/mol. The molecule has 1 unspecified atom stereocenters. The normalized spacial score (nSPS) is 49.9. The van der Waals surface area contributed by atoms with Gasteiger partial charge >= 0.3 is 0 Å². The lowest BCUT2D eigenvalue weighted by molar-refractivity contribution is 0.00226. The van der Waals surface area contributed by atoms with Crippen molar-refractivity contribution < 1.29 is 15.3 Å². The molecule has 0 aromatic rings. The highest BCUT2D eigenvalue weighted by Crippen LogP contribution is 2.65. The van der Waals surface area contributed by atoms with Crippen molar-refractivity contribution in [1.29, 1.82) is 0 Å². The predicted octanol–water partition coefficient (Wildman–Crippen LogP) is -1.47. The highest BCUT2D eigenvalue weighted by atomic mass is 16.3. The molecule has 1 spiro atoms. The zero-order chi connectivity index (χ0) is 8.93. The summed E-state index contributed by atoms with van der Waals surface area (Å²) in [4.78, 5) is 0. The van der Waals surface area contributed by atoms with E-state index < -0.39 is 12.2 Å². The molecule has 2 aliphatic carbocycles. The number of aliphatic hydroxyl groups is 3. The Kier molecular flexibility index (Phi) is 1.76. The zero-order valence-electron chi connectivity index (χ0n) is 7.27. The number of aliphatic hydroxyl groups excluding tert-OH is 3. The van der Waals surface area contributed by atoms with Crippen LogP contribution in [0.3, 0.4) is 0 Å². The van der Waals surface area contributed by atoms with Crippen LogP contribution in [0.15, 0.2) is 0 Å². The summed E-state index contributed by atoms with van der Waals surface area (Å²) in [5.74, 6) is 0.0483. The summed E-state index contributed by atoms with van der Waals surface area (Å²) in [6, 6.07) is 0. The van der Waals surface area contributed by atoms with Crippen molar-refractivity contribution in [2.24, 2.45) is 11.3 Å². The Hall–Kier alpha value is -0.0551. The molecule has 0 aliphatic heterocycles. The first kappa shape index (κ1) is 8.54. The Morgan fingerprint density at radius 1 is 1.25 bits per heavy atom. The first-order valence-corrected chi connectivity index (χ1v) is 4.60. The van der Waals surface area contributed by atoms with E-state index in [-0.39, 0.29) is 23.8 Å². The van der Waals surface area contributed by atoms with E-state index in [1.54, 1.807) is 0 Å². The maximum Gasteiger partial charge on any atom is 0.109 e. The van der Waals surface area contributed by atoms with Crippen LogP contribution in [0.1, 0.15) is 12.8 Å². The minimum absolute atomic E-state index is 0.00255. The first-order chi connectivity index (χ1) is 5.63. The average Bonchev–Trinajstić information content (AvgIpc) is 2.81. The third-order valence-corrected chi connectivity index (χ3v) is 3.94. The van der Waals surface area contributed by atoms with Crippen molar-refractivity contribution >= 4 is 7.85 Å². The van der Waals surface area contributed by atoms with Crippen molar-refractivity contribution in [3.05, 3.63) is 0 Å². The van der Waals surface area contributed by atoms with Crippen LogP contribution >= 0.6 is 0 Å². The van der Waals surface area contributed by atoms with E-state index in [0.29, 0.717) is 0 Å². The van der Waals surface area contributed by atoms with Crippen LogP contribution < -0.4 is 0 Å². The van der Waals surface area contributed by atoms with Crippen molar-refractivity contribution in [3.63, 3.8) is 0 Å². The number of rotatable bonds is 1. The van der Waals surface area contributed by atoms with E-state index in [1.165, 1.54) is 0 Å². The third kappa shape index (κ3) is 0.831. The molecule has 0 bridgehead atoms. The fourth-order valence-corrected chi connectivity index (χ4v) is 2.81. The monoisotopic (exact) mass is 170 g/mol. The van der Waals surface area contributed by atoms with E-state index in [4.69, 9.17) is 5.11 Å². The second-order valence-corrected chi connectivity index (χ2v) is 4.29. The van der Waals surface area contributed by atoms with E-state index in [2.05, 4.69) is 0 Å². The Labute approximate surface area is 72.8 Å². The molecule has 0 heterocycles. The van der Waals surface area contributed by atoms with Gasteiger partial charge in [-0.15, -0.1) is 0 Å². The van der Waals surface area contributed by atoms with Crippen LogP contribution in [0.4, 0.5) is 0 Å². The minimum Gasteiger partial charge on any atom is -0.396 e. The Morgan fingerprint density at radius 2 is 1.83 bits per heavy atom. The quantitative estimate of drug-likeness (QED) is 0.421. The van der Waals surface area contributed by atoms with Gasteiger partial charge in [0.1, 0.15) is 7.85 Å². The summed E-state index contributed by atoms with van der Waals surface area (Å²) < 4.78 is 0. The molecule has 12 heavy (non-hydrogen) atoms. The molecule has 3 N–H and O–H groups in total. The highest BCUT2D eigenvalue weighted by molar-refractivity contribution is 6.13. The standard InChI is InChI=1S/C8H15BO3/c9-7-6(12)5(11)4(3-10)8(7)1-2-8/h4-7,10-12H,1-3,9H2/t4-,5?,6+,7+/m1/s1. The average molecular weight is 170 g/mol. The van der Waals surface area contributed by atoms with Crippen molar-refractivity contribution in [1.82, 2.24) is 0 Å². The molecule has 2 fully saturated rings. The van der Waals surface area contributed by atoms with E-state index in [0.717, 1.165) is 12.8 Å². The van der Waals surface area contributed by atoms with E-state index in [1.807, 2.05) is 7.85 Å². The third-order valence-electron chi connectivity index (χ3n) is 3.94. The molecule has 2 aliphatic rings. The molecule has 68 valence electrons. The van der Waals surface area contributed by atoms with Gasteiger partial charge < -0.3 is 15.3 Å². The molecule has 4 heteroatoms. The van der Waals surface area contributed by atoms with Gasteiger partial charge in [-0.1, -0.05) is 0 Å². The Balaban J connectivity index is 2.23. The molecule has 4 atom stereocenters. The molecule has 2 saturated carbocycles. The Morgan fingerprint density at radius 3 is 2.17 bits per heavy atom. The summed E-state index contributed by atoms with van der Waals surface area (Å²) in [5, 5.41) is 28.3. The van der Waals surface area contributed by atoms with Crippen LogP contribution in [0.25, 0.3) is 0 Å². The topological polar surface area (TPSA) is 60.7 Å². The smallest absolute Gasteiger partial charge is 0.109 e. The number of hydrogen-bond acceptors (Lipinski definition) is 3. The second-order valence-electron chi connectivity index (χ2n) is 4.29. The van der Waals surface area contributed by atoms with Crippen LogP contribution in [-0.4, -0.2) is 42.0 Å². The van der Waals surface area contributed by atoms with Crippen LogP contribution in [0.5, 0.6) is 0 Å². The molecule has 0 radical (unpaired) electrons. The van der Waals surface area contributed by atoms with Crippen LogP contribution in [0.2, 0.25) is 5.82 Å². The van der Waals surface area contributed by atoms with Gasteiger partial charge in [-0.25, -0.2) is 0 Å². The van der Waals surface area contributed by atoms with E-state index in [9.17, 15) is 10.2 Å². The van der Waals surface area contributed by atoms with Gasteiger partial charge in [0, 0.05) is 12.5 Å². The lowest BCUT2D eigenvalue weighted by Crippen LogP contribution is -2.29. The molecule has 0 aromatic heterocycles. The van der Waals surface area contributed by atoms with Gasteiger partial charge in [0.15, 0.2) is 0 Å². The lowest BCUT2D eigenvalue weighted by Gasteiger charge is -2.20. The molecule has 3 nitrogen and oxygen atoms in total. The minimum atomic E-state index is -0.715. The molecule has 0 aromatic carbocycles. The SMILES string of the molecule is B[C@H]1[C@@H](O)C(O)[C@@H](CO)C12CC2. The summed E-state index contributed by atoms with van der Waals surface area (Å²) in [7, 11) is 1.97. The molecule has 0 amide bonds. The maximum atomic E-state index is 9.59. The summed E-state index contributed by atoms with van der Waals surface area (Å²) in [5.41, 5.74) is 0.0631. The van der Waals surface area contributed by atoms with Crippen LogP contribution in [-0.2, 0) is 0 Å². The van der Waals surface area contributed by atoms with Gasteiger partial charge in [0.25, 0.3) is 0 Å². The highest BCUT2D eigenvalue weighted by Gasteiger charge is 2.63. The lowest BCUT2D eigenvalue weighted by atomic mass is 9.73. The fraction of sp³-hybridized carbons (Fsp3) is 1.00. The van der Waals surface area contributed by atoms with Gasteiger partial charge in [-0.2, -0.15) is 0 Å². The summed E-state index contributed by atoms with van der Waals surface area (Å²) in [6.45, 7) is 0.00255. The zero-order valence-corrected chi connectivity index (χ0v) is 7.27. The fourth-order valence-electron chi connectivity index (χ4n) is 2.81. The summed E-state index contributed by atoms with van der Waals surface area (Å²) in [6.07, 6.45) is 0.748. The summed E-state index contributed by atoms with van der Waals surface area (Å²) >= 11 is 0. The van der Waals surface area contributed by atoms with Gasteiger partial charge in [0.2, 0.25) is 0 Å². The molecular formula is C8H15BO3. The second kappa shape index (κ2) is 2.47. The van der Waals surface area contributed by atoms with Crippen molar-refractivity contribution in [2.45, 2.75) is 30.9 Å². The molecule has 0 saturated heterocycles. The molecule has 2 rings (SSSR count). The Bertz CT molecular complexity index is 193. The molecular weight excluding hydrogens is 155 g/mol. The largest absolute Gasteiger partial charge is 0.396 e. The van der Waals surface area contributed by atoms with Crippen molar-refractivity contribution in [2.75, 3.05) is 6.61 Å². The number of hydrogen-bond donors (Lipinski definition) is 3.